The average Bonchev–Trinajstić information content (AvgIpc) is 2.90. The van der Waals surface area contributed by atoms with Crippen LogP contribution in [0, 0.1) is 0 Å². The number of H-pyrrole nitrogens is 1. The molecule has 2 aromatic heterocycles. The Bertz CT molecular complexity index is 488. The predicted octanol–water partition coefficient (Wildman–Crippen LogP) is 0.633. The van der Waals surface area contributed by atoms with Crippen molar-refractivity contribution in [2.75, 3.05) is 0 Å². The maximum atomic E-state index is 10.8. The molecule has 6 heteroatoms. The molecule has 0 aliphatic rings. The number of hydrogen-bond donors (Lipinski definition) is 2. The van der Waals surface area contributed by atoms with E-state index in [-0.39, 0.29) is 12.5 Å². The van der Waals surface area contributed by atoms with Gasteiger partial charge in [0.05, 0.1) is 12.5 Å². The lowest BCUT2D eigenvalue weighted by molar-refractivity contribution is -0.117. The van der Waals surface area contributed by atoms with E-state index >= 15 is 0 Å². The molecule has 0 saturated heterocycles. The van der Waals surface area contributed by atoms with Crippen LogP contribution in [-0.2, 0) is 11.2 Å². The van der Waals surface area contributed by atoms with Crippen LogP contribution in [0.3, 0.4) is 0 Å². The van der Waals surface area contributed by atoms with Crippen LogP contribution in [0.1, 0.15) is 31.0 Å². The monoisotopic (exact) mass is 233 g/mol. The first-order valence-corrected chi connectivity index (χ1v) is 5.52. The van der Waals surface area contributed by atoms with E-state index in [1.54, 1.807) is 0 Å². The Morgan fingerprint density at radius 2 is 2.24 bits per heavy atom. The minimum Gasteiger partial charge on any atom is -0.369 e. The largest absolute Gasteiger partial charge is 0.369 e. The van der Waals surface area contributed by atoms with E-state index in [4.69, 9.17) is 5.73 Å². The van der Waals surface area contributed by atoms with Gasteiger partial charge < -0.3 is 10.3 Å². The number of nitrogens with zero attached hydrogens (tertiary/aromatic N) is 3. The number of carbonyl (C=O) groups excluding carboxylic acids is 1. The highest BCUT2D eigenvalue weighted by atomic mass is 16.1. The number of hydrogen-bond acceptors (Lipinski definition) is 3. The van der Waals surface area contributed by atoms with E-state index in [9.17, 15) is 4.79 Å². The molecule has 0 aliphatic heterocycles. The van der Waals surface area contributed by atoms with Crippen LogP contribution in [-0.4, -0.2) is 25.7 Å². The van der Waals surface area contributed by atoms with Crippen LogP contribution in [0.4, 0.5) is 0 Å². The van der Waals surface area contributed by atoms with Crippen molar-refractivity contribution in [2.24, 2.45) is 5.73 Å². The van der Waals surface area contributed by atoms with Crippen molar-refractivity contribution < 1.29 is 4.79 Å². The van der Waals surface area contributed by atoms with Crippen LogP contribution < -0.4 is 5.73 Å². The van der Waals surface area contributed by atoms with Gasteiger partial charge in [-0.2, -0.15) is 5.10 Å². The summed E-state index contributed by atoms with van der Waals surface area (Å²) >= 11 is 0. The van der Waals surface area contributed by atoms with Gasteiger partial charge in [-0.05, 0) is 18.6 Å². The summed E-state index contributed by atoms with van der Waals surface area (Å²) in [4.78, 5) is 15.1. The van der Waals surface area contributed by atoms with Crippen molar-refractivity contribution >= 4 is 5.91 Å². The van der Waals surface area contributed by atoms with Crippen molar-refractivity contribution in [1.29, 1.82) is 0 Å². The van der Waals surface area contributed by atoms with Crippen LogP contribution in [0.2, 0.25) is 0 Å². The van der Waals surface area contributed by atoms with Crippen LogP contribution in [0.15, 0.2) is 24.5 Å². The number of aromatic nitrogens is 4. The molecular weight excluding hydrogens is 218 g/mol. The van der Waals surface area contributed by atoms with E-state index in [1.165, 1.54) is 0 Å². The van der Waals surface area contributed by atoms with Gasteiger partial charge in [-0.1, -0.05) is 6.92 Å². The molecule has 6 nitrogen and oxygen atoms in total. The van der Waals surface area contributed by atoms with Crippen LogP contribution in [0.25, 0.3) is 0 Å². The Labute approximate surface area is 98.9 Å². The number of nitrogens with two attached hydrogens (primary N) is 1. The van der Waals surface area contributed by atoms with E-state index in [0.29, 0.717) is 11.6 Å². The first-order valence-electron chi connectivity index (χ1n) is 5.52. The van der Waals surface area contributed by atoms with Gasteiger partial charge in [0, 0.05) is 12.4 Å². The molecule has 17 heavy (non-hydrogen) atoms. The summed E-state index contributed by atoms with van der Waals surface area (Å²) in [6, 6.07) is 4.00. The minimum absolute atomic E-state index is 0.0860. The van der Waals surface area contributed by atoms with Crippen molar-refractivity contribution in [2.45, 2.75) is 25.8 Å². The molecule has 0 aromatic carbocycles. The molecule has 0 radical (unpaired) electrons. The predicted molar refractivity (Wildman–Crippen MR) is 62.1 cm³/mol. The molecule has 2 aromatic rings. The van der Waals surface area contributed by atoms with Crippen molar-refractivity contribution in [3.8, 4) is 0 Å². The lowest BCUT2D eigenvalue weighted by atomic mass is 10.2. The zero-order valence-corrected chi connectivity index (χ0v) is 9.63. The fourth-order valence-corrected chi connectivity index (χ4v) is 1.79. The third-order valence-corrected chi connectivity index (χ3v) is 2.56. The first-order chi connectivity index (χ1) is 8.20. The molecule has 0 aliphatic carbocycles. The molecule has 90 valence electrons. The van der Waals surface area contributed by atoms with Gasteiger partial charge in [0.25, 0.3) is 0 Å². The number of rotatable bonds is 5. The maximum Gasteiger partial charge on any atom is 0.225 e. The standard InChI is InChI=1S/C11H15N5O/c1-2-8(16-5-3-4-6-16)11-13-10(14-15-11)7-9(12)17/h3-6,8H,2,7H2,1H3,(H2,12,17)(H,13,14,15). The van der Waals surface area contributed by atoms with Crippen molar-refractivity contribution in [3.05, 3.63) is 36.2 Å². The maximum absolute atomic E-state index is 10.8. The Morgan fingerprint density at radius 3 is 2.82 bits per heavy atom. The van der Waals surface area contributed by atoms with Crippen molar-refractivity contribution in [1.82, 2.24) is 19.7 Å². The summed E-state index contributed by atoms with van der Waals surface area (Å²) < 4.78 is 2.04. The van der Waals surface area contributed by atoms with Crippen LogP contribution in [0.5, 0.6) is 0 Å². The Hall–Kier alpha value is -2.11. The Kier molecular flexibility index (Phi) is 3.22. The molecule has 2 heterocycles. The van der Waals surface area contributed by atoms with E-state index in [0.717, 1.165) is 6.42 Å². The van der Waals surface area contributed by atoms with Gasteiger partial charge in [-0.25, -0.2) is 4.98 Å². The highest BCUT2D eigenvalue weighted by Crippen LogP contribution is 2.18. The van der Waals surface area contributed by atoms with Gasteiger partial charge in [0.15, 0.2) is 5.82 Å². The Morgan fingerprint density at radius 1 is 1.53 bits per heavy atom. The van der Waals surface area contributed by atoms with E-state index in [2.05, 4.69) is 22.1 Å². The fraction of sp³-hybridized carbons (Fsp3) is 0.364. The zero-order chi connectivity index (χ0) is 12.3. The zero-order valence-electron chi connectivity index (χ0n) is 9.63. The highest BCUT2D eigenvalue weighted by molar-refractivity contribution is 5.75. The topological polar surface area (TPSA) is 89.6 Å². The molecule has 2 rings (SSSR count). The molecule has 0 bridgehead atoms. The average molecular weight is 233 g/mol. The van der Waals surface area contributed by atoms with Gasteiger partial charge >= 0.3 is 0 Å². The summed E-state index contributed by atoms with van der Waals surface area (Å²) in [7, 11) is 0. The first kappa shape index (κ1) is 11.4. The third kappa shape index (κ3) is 2.52. The molecular formula is C11H15N5O. The molecule has 0 saturated carbocycles. The normalized spacial score (nSPS) is 12.5. The molecule has 3 N–H and O–H groups in total. The molecule has 0 fully saturated rings. The quantitative estimate of drug-likeness (QED) is 0.793. The summed E-state index contributed by atoms with van der Waals surface area (Å²) in [5.74, 6) is 0.778. The number of amides is 1. The summed E-state index contributed by atoms with van der Waals surface area (Å²) in [6.45, 7) is 2.06. The Balaban J connectivity index is 2.20. The summed E-state index contributed by atoms with van der Waals surface area (Å²) in [5.41, 5.74) is 5.11. The van der Waals surface area contributed by atoms with Gasteiger partial charge in [-0.3, -0.25) is 9.89 Å². The van der Waals surface area contributed by atoms with E-state index < -0.39 is 5.91 Å². The van der Waals surface area contributed by atoms with Gasteiger partial charge in [0.1, 0.15) is 5.82 Å². The SMILES string of the molecule is CCC(c1n[nH]c(CC(N)=O)n1)n1cccc1. The number of primary amides is 1. The lowest BCUT2D eigenvalue weighted by Crippen LogP contribution is -2.15. The fourth-order valence-electron chi connectivity index (χ4n) is 1.79. The smallest absolute Gasteiger partial charge is 0.225 e. The van der Waals surface area contributed by atoms with Crippen molar-refractivity contribution in [3.63, 3.8) is 0 Å². The second kappa shape index (κ2) is 4.82. The minimum atomic E-state index is -0.415. The van der Waals surface area contributed by atoms with E-state index in [1.807, 2.05) is 29.1 Å². The van der Waals surface area contributed by atoms with Gasteiger partial charge in [-0.15, -0.1) is 0 Å². The molecule has 1 amide bonds. The summed E-state index contributed by atoms with van der Waals surface area (Å²) in [5, 5.41) is 6.87. The molecule has 1 unspecified atom stereocenters. The lowest BCUT2D eigenvalue weighted by Gasteiger charge is -2.12. The molecule has 0 spiro atoms. The summed E-state index contributed by atoms with van der Waals surface area (Å²) in [6.07, 6.45) is 4.91. The van der Waals surface area contributed by atoms with Crippen LogP contribution >= 0.6 is 0 Å². The second-order valence-corrected chi connectivity index (χ2v) is 3.84. The molecule has 1 atom stereocenters. The highest BCUT2D eigenvalue weighted by Gasteiger charge is 2.16. The number of nitrogens with one attached hydrogen (secondary N) is 1. The number of carbonyl (C=O) groups is 1. The number of aromatic amines is 1. The van der Waals surface area contributed by atoms with Gasteiger partial charge in [0.2, 0.25) is 5.91 Å². The third-order valence-electron chi connectivity index (χ3n) is 2.56. The second-order valence-electron chi connectivity index (χ2n) is 3.84.